The molecule has 3 aromatic heterocycles. The van der Waals surface area contributed by atoms with Crippen molar-refractivity contribution in [1.82, 2.24) is 24.6 Å². The minimum Gasteiger partial charge on any atom is -0.373 e. The average molecular weight is 482 g/mol. The van der Waals surface area contributed by atoms with Gasteiger partial charge in [0.05, 0.1) is 6.20 Å². The minimum absolute atomic E-state index is 0.882. The number of fused-ring (bicyclic) bond motifs is 1. The smallest absolute Gasteiger partial charge is 0.129 e. The fraction of sp³-hybridized carbons (Fsp3) is 0.345. The number of pyridine rings is 2. The van der Waals surface area contributed by atoms with E-state index in [-0.39, 0.29) is 0 Å². The third kappa shape index (κ3) is 5.26. The minimum atomic E-state index is 0.882. The number of hydrogen-bond donors (Lipinski definition) is 1. The Kier molecular flexibility index (Phi) is 7.00. The van der Waals surface area contributed by atoms with E-state index in [4.69, 9.17) is 0 Å². The molecule has 1 aromatic carbocycles. The van der Waals surface area contributed by atoms with Gasteiger partial charge >= 0.3 is 0 Å². The van der Waals surface area contributed by atoms with Crippen LogP contribution in [-0.4, -0.2) is 63.9 Å². The summed E-state index contributed by atoms with van der Waals surface area (Å²) in [7, 11) is 3.84. The van der Waals surface area contributed by atoms with Gasteiger partial charge in [-0.25, -0.2) is 9.97 Å². The Labute approximate surface area is 213 Å². The van der Waals surface area contributed by atoms with Crippen LogP contribution in [-0.2, 0) is 7.05 Å². The van der Waals surface area contributed by atoms with Gasteiger partial charge in [0.1, 0.15) is 11.6 Å². The van der Waals surface area contributed by atoms with E-state index in [9.17, 15) is 0 Å². The summed E-state index contributed by atoms with van der Waals surface area (Å²) >= 11 is 0. The van der Waals surface area contributed by atoms with Gasteiger partial charge < -0.3 is 10.2 Å². The van der Waals surface area contributed by atoms with Crippen LogP contribution in [0.15, 0.2) is 61.6 Å². The molecule has 2 fully saturated rings. The van der Waals surface area contributed by atoms with Crippen molar-refractivity contribution in [3.63, 3.8) is 0 Å². The summed E-state index contributed by atoms with van der Waals surface area (Å²) in [5.74, 6) is 1.98. The molecule has 1 saturated heterocycles. The molecule has 0 amide bonds. The number of aromatic nitrogens is 4. The van der Waals surface area contributed by atoms with Crippen molar-refractivity contribution in [3.8, 4) is 11.1 Å². The van der Waals surface area contributed by atoms with Crippen LogP contribution >= 0.6 is 0 Å². The number of piperazine rings is 1. The second-order valence-electron chi connectivity index (χ2n) is 9.55. The van der Waals surface area contributed by atoms with Gasteiger partial charge in [-0.15, -0.1) is 0 Å². The first kappa shape index (κ1) is 24.0. The third-order valence-corrected chi connectivity index (χ3v) is 7.23. The molecule has 0 radical (unpaired) electrons. The van der Waals surface area contributed by atoms with Crippen molar-refractivity contribution in [3.05, 3.63) is 72.8 Å². The fourth-order valence-electron chi connectivity index (χ4n) is 4.72. The molecule has 1 saturated carbocycles. The molecule has 7 nitrogen and oxygen atoms in total. The summed E-state index contributed by atoms with van der Waals surface area (Å²) in [5, 5.41) is 9.69. The first-order valence-corrected chi connectivity index (χ1v) is 12.7. The predicted molar refractivity (Wildman–Crippen MR) is 149 cm³/mol. The van der Waals surface area contributed by atoms with Crippen LogP contribution in [0.25, 0.3) is 28.0 Å². The van der Waals surface area contributed by atoms with Gasteiger partial charge in [0.2, 0.25) is 0 Å². The van der Waals surface area contributed by atoms with E-state index in [1.54, 1.807) is 0 Å². The lowest BCUT2D eigenvalue weighted by Gasteiger charge is -2.35. The third-order valence-electron chi connectivity index (χ3n) is 7.23. The van der Waals surface area contributed by atoms with E-state index in [1.807, 2.05) is 49.5 Å². The Morgan fingerprint density at radius 3 is 2.44 bits per heavy atom. The zero-order chi connectivity index (χ0) is 25.1. The number of anilines is 2. The SMILES string of the molecule is C=Cc1ccnc(N2CCN(C3CC3)CC2)c1.CNc1cc2cc(-c3cnn(C)c3C)ccc2cn1. The van der Waals surface area contributed by atoms with Crippen LogP contribution in [0.5, 0.6) is 0 Å². The molecular weight excluding hydrogens is 446 g/mol. The maximum Gasteiger partial charge on any atom is 0.129 e. The van der Waals surface area contributed by atoms with Gasteiger partial charge in [-0.05, 0) is 60.5 Å². The molecule has 4 heterocycles. The molecule has 1 N–H and O–H groups in total. The number of nitrogens with zero attached hydrogens (tertiary/aromatic N) is 6. The first-order chi connectivity index (χ1) is 17.6. The van der Waals surface area contributed by atoms with E-state index < -0.39 is 0 Å². The predicted octanol–water partition coefficient (Wildman–Crippen LogP) is 4.99. The molecule has 1 aliphatic carbocycles. The topological polar surface area (TPSA) is 62.1 Å². The van der Waals surface area contributed by atoms with E-state index >= 15 is 0 Å². The van der Waals surface area contributed by atoms with Crippen molar-refractivity contribution >= 4 is 28.5 Å². The highest BCUT2D eigenvalue weighted by atomic mass is 15.3. The van der Waals surface area contributed by atoms with E-state index in [0.717, 1.165) is 41.7 Å². The quantitative estimate of drug-likeness (QED) is 0.433. The number of rotatable bonds is 5. The highest BCUT2D eigenvalue weighted by Crippen LogP contribution is 2.29. The lowest BCUT2D eigenvalue weighted by Crippen LogP contribution is -2.47. The van der Waals surface area contributed by atoms with Crippen LogP contribution in [0.4, 0.5) is 11.6 Å². The van der Waals surface area contributed by atoms with Crippen LogP contribution in [0.2, 0.25) is 0 Å². The summed E-state index contributed by atoms with van der Waals surface area (Å²) in [5.41, 5.74) is 4.68. The zero-order valence-corrected chi connectivity index (χ0v) is 21.5. The molecule has 36 heavy (non-hydrogen) atoms. The van der Waals surface area contributed by atoms with Gasteiger partial charge in [-0.2, -0.15) is 5.10 Å². The van der Waals surface area contributed by atoms with E-state index in [0.29, 0.717) is 0 Å². The summed E-state index contributed by atoms with van der Waals surface area (Å²) in [6.07, 6.45) is 10.4. The Morgan fingerprint density at radius 1 is 0.972 bits per heavy atom. The van der Waals surface area contributed by atoms with Gasteiger partial charge in [-0.1, -0.05) is 24.8 Å². The van der Waals surface area contributed by atoms with Gasteiger partial charge in [0.25, 0.3) is 0 Å². The average Bonchev–Trinajstić information content (AvgIpc) is 3.73. The van der Waals surface area contributed by atoms with Crippen molar-refractivity contribution in [2.45, 2.75) is 25.8 Å². The molecule has 0 unspecified atom stereocenters. The lowest BCUT2D eigenvalue weighted by molar-refractivity contribution is 0.247. The second kappa shape index (κ2) is 10.5. The maximum atomic E-state index is 4.46. The molecule has 0 spiro atoms. The normalized spacial score (nSPS) is 15.9. The molecule has 0 bridgehead atoms. The standard InChI is InChI=1S/C15H16N4.C14H19N3/c1-10-14(9-18-19(10)3)11-4-5-12-8-17-15(16-2)7-13(12)6-11;1-2-12-5-6-15-14(11-12)17-9-7-16(8-10-17)13-3-4-13/h4-9H,1-3H3,(H,16,17);2,5-6,11,13H,1,3-4,7-10H2. The van der Waals surface area contributed by atoms with Crippen LogP contribution in [0.3, 0.4) is 0 Å². The number of nitrogens with one attached hydrogen (secondary N) is 1. The highest BCUT2D eigenvalue weighted by Gasteiger charge is 2.31. The highest BCUT2D eigenvalue weighted by molar-refractivity contribution is 5.88. The molecular formula is C29H35N7. The molecule has 1 aliphatic heterocycles. The first-order valence-electron chi connectivity index (χ1n) is 12.7. The van der Waals surface area contributed by atoms with Crippen molar-refractivity contribution in [2.75, 3.05) is 43.4 Å². The van der Waals surface area contributed by atoms with Gasteiger partial charge in [-0.3, -0.25) is 9.58 Å². The number of aryl methyl sites for hydroxylation is 1. The van der Waals surface area contributed by atoms with Gasteiger partial charge in [0, 0.05) is 75.4 Å². The monoisotopic (exact) mass is 481 g/mol. The van der Waals surface area contributed by atoms with Gasteiger partial charge in [0.15, 0.2) is 0 Å². The lowest BCUT2D eigenvalue weighted by atomic mass is 10.0. The van der Waals surface area contributed by atoms with Crippen molar-refractivity contribution in [1.29, 1.82) is 0 Å². The molecule has 6 rings (SSSR count). The second-order valence-corrected chi connectivity index (χ2v) is 9.55. The van der Waals surface area contributed by atoms with Crippen LogP contribution in [0.1, 0.15) is 24.1 Å². The summed E-state index contributed by atoms with van der Waals surface area (Å²) in [6.45, 7) is 10.5. The summed E-state index contributed by atoms with van der Waals surface area (Å²) < 4.78 is 1.89. The molecule has 0 atom stereocenters. The van der Waals surface area contributed by atoms with E-state index in [1.165, 1.54) is 48.1 Å². The number of hydrogen-bond acceptors (Lipinski definition) is 6. The Morgan fingerprint density at radius 2 is 1.78 bits per heavy atom. The van der Waals surface area contributed by atoms with Crippen LogP contribution in [0, 0.1) is 6.92 Å². The Hall–Kier alpha value is -3.71. The zero-order valence-electron chi connectivity index (χ0n) is 21.5. The molecule has 7 heteroatoms. The number of benzene rings is 1. The molecule has 186 valence electrons. The summed E-state index contributed by atoms with van der Waals surface area (Å²) in [4.78, 5) is 13.8. The molecule has 4 aromatic rings. The molecule has 2 aliphatic rings. The Balaban J connectivity index is 0.000000149. The van der Waals surface area contributed by atoms with Crippen LogP contribution < -0.4 is 10.2 Å². The fourth-order valence-corrected chi connectivity index (χ4v) is 4.72. The largest absolute Gasteiger partial charge is 0.373 e. The van der Waals surface area contributed by atoms with E-state index in [2.05, 4.69) is 74.0 Å². The van der Waals surface area contributed by atoms with Crippen molar-refractivity contribution < 1.29 is 0 Å². The summed E-state index contributed by atoms with van der Waals surface area (Å²) in [6, 6.07) is 13.5. The maximum absolute atomic E-state index is 4.46. The Bertz CT molecular complexity index is 1350. The van der Waals surface area contributed by atoms with Crippen molar-refractivity contribution in [2.24, 2.45) is 7.05 Å².